The van der Waals surface area contributed by atoms with E-state index in [-0.39, 0.29) is 0 Å². The number of benzene rings is 2. The fraction of sp³-hybridized carbons (Fsp3) is 0.150. The Hall–Kier alpha value is -3.03. The summed E-state index contributed by atoms with van der Waals surface area (Å²) in [6, 6.07) is 16.6. The number of nitrogens with zero attached hydrogens (tertiary/aromatic N) is 2. The Labute approximate surface area is 141 Å². The van der Waals surface area contributed by atoms with Crippen LogP contribution >= 0.6 is 0 Å². The van der Waals surface area contributed by atoms with Crippen molar-refractivity contribution >= 4 is 16.6 Å². The Balaban J connectivity index is 1.75. The third-order valence-corrected chi connectivity index (χ3v) is 4.46. The molecule has 4 heteroatoms. The highest BCUT2D eigenvalue weighted by Crippen LogP contribution is 2.29. The van der Waals surface area contributed by atoms with E-state index in [4.69, 9.17) is 5.26 Å². The van der Waals surface area contributed by atoms with Crippen LogP contribution in [0.3, 0.4) is 0 Å². The van der Waals surface area contributed by atoms with Crippen LogP contribution in [-0.4, -0.2) is 23.6 Å². The molecule has 0 unspecified atom stereocenters. The van der Waals surface area contributed by atoms with Crippen LogP contribution in [0.25, 0.3) is 27.7 Å². The monoisotopic (exact) mass is 314 g/mol. The number of rotatable bonds is 2. The second kappa shape index (κ2) is 5.55. The third-order valence-electron chi connectivity index (χ3n) is 4.46. The molecular formula is C20H18N4. The van der Waals surface area contributed by atoms with Crippen molar-refractivity contribution in [2.45, 2.75) is 6.92 Å². The van der Waals surface area contributed by atoms with Crippen LogP contribution in [0.5, 0.6) is 0 Å². The lowest BCUT2D eigenvalue weighted by Crippen LogP contribution is -2.26. The van der Waals surface area contributed by atoms with E-state index in [1.165, 1.54) is 10.9 Å². The van der Waals surface area contributed by atoms with Crippen molar-refractivity contribution in [3.63, 3.8) is 0 Å². The van der Waals surface area contributed by atoms with Crippen molar-refractivity contribution in [1.29, 1.82) is 5.26 Å². The predicted molar refractivity (Wildman–Crippen MR) is 96.9 cm³/mol. The summed E-state index contributed by atoms with van der Waals surface area (Å²) in [6.07, 6.45) is 2.18. The standard InChI is InChI=1S/C20H18N4/c1-13-9-14(12-21)3-5-17(13)15-4-6-18-16(10-15)11-20(22-18)19-7-8-24(2)23-19/h3-7,9-11,22-23H,8H2,1-2H3. The first-order valence-electron chi connectivity index (χ1n) is 7.96. The van der Waals surface area contributed by atoms with E-state index in [0.29, 0.717) is 5.56 Å². The molecule has 24 heavy (non-hydrogen) atoms. The summed E-state index contributed by atoms with van der Waals surface area (Å²) in [5.41, 5.74) is 10.8. The van der Waals surface area contributed by atoms with Gasteiger partial charge in [0.25, 0.3) is 0 Å². The largest absolute Gasteiger partial charge is 0.353 e. The van der Waals surface area contributed by atoms with E-state index < -0.39 is 0 Å². The Morgan fingerprint density at radius 1 is 1.12 bits per heavy atom. The van der Waals surface area contributed by atoms with Crippen LogP contribution in [0.2, 0.25) is 0 Å². The molecule has 0 amide bonds. The van der Waals surface area contributed by atoms with E-state index in [1.807, 2.05) is 37.2 Å². The van der Waals surface area contributed by atoms with Gasteiger partial charge in [0.05, 0.1) is 23.0 Å². The van der Waals surface area contributed by atoms with Gasteiger partial charge >= 0.3 is 0 Å². The van der Waals surface area contributed by atoms with Gasteiger partial charge in [0, 0.05) is 24.5 Å². The number of nitriles is 1. The van der Waals surface area contributed by atoms with Gasteiger partial charge in [-0.2, -0.15) is 5.26 Å². The lowest BCUT2D eigenvalue weighted by Gasteiger charge is -2.10. The van der Waals surface area contributed by atoms with Gasteiger partial charge in [-0.25, -0.2) is 5.01 Å². The maximum atomic E-state index is 9.02. The van der Waals surface area contributed by atoms with Gasteiger partial charge < -0.3 is 10.4 Å². The molecule has 1 aliphatic rings. The van der Waals surface area contributed by atoms with Crippen molar-refractivity contribution in [1.82, 2.24) is 15.4 Å². The first-order valence-corrected chi connectivity index (χ1v) is 7.96. The van der Waals surface area contributed by atoms with E-state index in [1.54, 1.807) is 0 Å². The molecule has 0 saturated heterocycles. The topological polar surface area (TPSA) is 54.9 Å². The van der Waals surface area contributed by atoms with Gasteiger partial charge in [-0.1, -0.05) is 12.1 Å². The molecule has 118 valence electrons. The number of likely N-dealkylation sites (N-methyl/N-ethyl adjacent to an activating group) is 1. The SMILES string of the molecule is Cc1cc(C#N)ccc1-c1ccc2[nH]c(C3=CCN(C)N3)cc2c1. The molecule has 2 N–H and O–H groups in total. The average molecular weight is 314 g/mol. The summed E-state index contributed by atoms with van der Waals surface area (Å²) in [5, 5.41) is 12.3. The van der Waals surface area contributed by atoms with Gasteiger partial charge in [-0.3, -0.25) is 0 Å². The zero-order valence-electron chi connectivity index (χ0n) is 13.7. The number of hydrogen-bond acceptors (Lipinski definition) is 3. The summed E-state index contributed by atoms with van der Waals surface area (Å²) in [7, 11) is 2.03. The fourth-order valence-corrected chi connectivity index (χ4v) is 3.20. The van der Waals surface area contributed by atoms with E-state index in [0.717, 1.165) is 34.6 Å². The molecular weight excluding hydrogens is 296 g/mol. The molecule has 1 aliphatic heterocycles. The average Bonchev–Trinajstić information content (AvgIpc) is 3.19. The van der Waals surface area contributed by atoms with Crippen molar-refractivity contribution in [3.05, 3.63) is 65.4 Å². The van der Waals surface area contributed by atoms with Crippen molar-refractivity contribution < 1.29 is 0 Å². The minimum Gasteiger partial charge on any atom is -0.353 e. The molecule has 0 spiro atoms. The highest BCUT2D eigenvalue weighted by molar-refractivity contribution is 5.89. The van der Waals surface area contributed by atoms with Crippen LogP contribution in [0.15, 0.2) is 48.5 Å². The molecule has 4 rings (SSSR count). The number of fused-ring (bicyclic) bond motifs is 1. The number of hydrogen-bond donors (Lipinski definition) is 2. The molecule has 4 nitrogen and oxygen atoms in total. The Morgan fingerprint density at radius 3 is 2.71 bits per heavy atom. The van der Waals surface area contributed by atoms with Crippen LogP contribution in [-0.2, 0) is 0 Å². The molecule has 2 heterocycles. The fourth-order valence-electron chi connectivity index (χ4n) is 3.20. The summed E-state index contributed by atoms with van der Waals surface area (Å²) in [6.45, 7) is 2.95. The molecule has 3 aromatic rings. The van der Waals surface area contributed by atoms with Gasteiger partial charge in [0.2, 0.25) is 0 Å². The zero-order valence-corrected chi connectivity index (χ0v) is 13.7. The van der Waals surface area contributed by atoms with Crippen LogP contribution in [0, 0.1) is 18.3 Å². The normalized spacial score (nSPS) is 14.5. The number of aryl methyl sites for hydroxylation is 1. The predicted octanol–water partition coefficient (Wildman–Crippen LogP) is 3.81. The number of aromatic amines is 1. The lowest BCUT2D eigenvalue weighted by atomic mass is 9.98. The molecule has 0 bridgehead atoms. The first kappa shape index (κ1) is 14.6. The van der Waals surface area contributed by atoms with Crippen LogP contribution in [0.1, 0.15) is 16.8 Å². The molecule has 0 atom stereocenters. The van der Waals surface area contributed by atoms with E-state index in [2.05, 4.69) is 46.8 Å². The smallest absolute Gasteiger partial charge is 0.0991 e. The summed E-state index contributed by atoms with van der Waals surface area (Å²) >= 11 is 0. The Morgan fingerprint density at radius 2 is 2.00 bits per heavy atom. The highest BCUT2D eigenvalue weighted by Gasteiger charge is 2.13. The Kier molecular flexibility index (Phi) is 3.37. The number of hydrazine groups is 1. The molecule has 1 aromatic heterocycles. The van der Waals surface area contributed by atoms with Crippen molar-refractivity contribution in [2.24, 2.45) is 0 Å². The maximum Gasteiger partial charge on any atom is 0.0991 e. The van der Waals surface area contributed by atoms with Gasteiger partial charge in [-0.15, -0.1) is 0 Å². The number of H-pyrrole nitrogens is 1. The van der Waals surface area contributed by atoms with Crippen molar-refractivity contribution in [2.75, 3.05) is 13.6 Å². The van der Waals surface area contributed by atoms with Crippen LogP contribution in [0.4, 0.5) is 0 Å². The zero-order chi connectivity index (χ0) is 16.7. The van der Waals surface area contributed by atoms with E-state index in [9.17, 15) is 0 Å². The minimum absolute atomic E-state index is 0.699. The quantitative estimate of drug-likeness (QED) is 0.756. The molecule has 0 saturated carbocycles. The summed E-state index contributed by atoms with van der Waals surface area (Å²) in [4.78, 5) is 3.47. The summed E-state index contributed by atoms with van der Waals surface area (Å²) in [5.74, 6) is 0. The van der Waals surface area contributed by atoms with Gasteiger partial charge in [-0.05, 0) is 60.0 Å². The molecule has 0 fully saturated rings. The van der Waals surface area contributed by atoms with E-state index >= 15 is 0 Å². The molecule has 2 aromatic carbocycles. The summed E-state index contributed by atoms with van der Waals surface area (Å²) < 4.78 is 0. The molecule has 0 radical (unpaired) electrons. The Bertz CT molecular complexity index is 1000. The minimum atomic E-state index is 0.699. The highest BCUT2D eigenvalue weighted by atomic mass is 15.5. The molecule has 0 aliphatic carbocycles. The second-order valence-electron chi connectivity index (χ2n) is 6.24. The number of nitrogens with one attached hydrogen (secondary N) is 2. The maximum absolute atomic E-state index is 9.02. The first-order chi connectivity index (χ1) is 11.6. The van der Waals surface area contributed by atoms with Gasteiger partial charge in [0.15, 0.2) is 0 Å². The van der Waals surface area contributed by atoms with Crippen LogP contribution < -0.4 is 5.43 Å². The third kappa shape index (κ3) is 2.45. The lowest BCUT2D eigenvalue weighted by molar-refractivity contribution is 0.338. The second-order valence-corrected chi connectivity index (χ2v) is 6.24. The van der Waals surface area contributed by atoms with Gasteiger partial charge in [0.1, 0.15) is 0 Å². The van der Waals surface area contributed by atoms with Crippen molar-refractivity contribution in [3.8, 4) is 17.2 Å². The number of aromatic nitrogens is 1.